The predicted molar refractivity (Wildman–Crippen MR) is 60.0 cm³/mol. The summed E-state index contributed by atoms with van der Waals surface area (Å²) in [6.45, 7) is 4.17. The van der Waals surface area contributed by atoms with Crippen LogP contribution in [0.4, 0.5) is 0 Å². The van der Waals surface area contributed by atoms with Gasteiger partial charge >= 0.3 is 0 Å². The van der Waals surface area contributed by atoms with E-state index in [9.17, 15) is 0 Å². The molecular formula is C13H17NO. The van der Waals surface area contributed by atoms with Crippen LogP contribution in [0.15, 0.2) is 18.2 Å². The molecule has 0 unspecified atom stereocenters. The fourth-order valence-corrected chi connectivity index (χ4v) is 2.49. The molecule has 2 heteroatoms. The van der Waals surface area contributed by atoms with Crippen LogP contribution in [0.5, 0.6) is 0 Å². The lowest BCUT2D eigenvalue weighted by atomic mass is 9.88. The maximum atomic E-state index is 5.90. The van der Waals surface area contributed by atoms with Crippen LogP contribution in [-0.2, 0) is 11.2 Å². The molecule has 2 aliphatic rings. The maximum Gasteiger partial charge on any atom is 0.0981 e. The van der Waals surface area contributed by atoms with Crippen molar-refractivity contribution in [2.45, 2.75) is 31.9 Å². The second-order valence-electron chi connectivity index (χ2n) is 4.59. The Hall–Kier alpha value is -0.860. The third-order valence-corrected chi connectivity index (χ3v) is 3.50. The Morgan fingerprint density at radius 1 is 1.40 bits per heavy atom. The van der Waals surface area contributed by atoms with Crippen molar-refractivity contribution in [2.75, 3.05) is 13.2 Å². The minimum absolute atomic E-state index is 0.294. The monoisotopic (exact) mass is 203 g/mol. The van der Waals surface area contributed by atoms with Gasteiger partial charge in [0, 0.05) is 6.04 Å². The minimum Gasteiger partial charge on any atom is -0.372 e. The van der Waals surface area contributed by atoms with Gasteiger partial charge in [-0.2, -0.15) is 0 Å². The first-order valence-corrected chi connectivity index (χ1v) is 5.79. The third-order valence-electron chi connectivity index (χ3n) is 3.50. The molecule has 0 aliphatic carbocycles. The normalized spacial score (nSPS) is 29.4. The van der Waals surface area contributed by atoms with Crippen LogP contribution in [0.1, 0.15) is 29.2 Å². The smallest absolute Gasteiger partial charge is 0.0981 e. The maximum absolute atomic E-state index is 5.90. The molecule has 2 aliphatic heterocycles. The highest BCUT2D eigenvalue weighted by Crippen LogP contribution is 2.33. The Kier molecular flexibility index (Phi) is 2.26. The van der Waals surface area contributed by atoms with Crippen molar-refractivity contribution >= 4 is 0 Å². The lowest BCUT2D eigenvalue weighted by molar-refractivity contribution is -0.00153. The molecule has 1 N–H and O–H groups in total. The fourth-order valence-electron chi connectivity index (χ4n) is 2.49. The highest BCUT2D eigenvalue weighted by molar-refractivity contribution is 5.35. The number of fused-ring (bicyclic) bond motifs is 1. The van der Waals surface area contributed by atoms with Crippen molar-refractivity contribution < 1.29 is 4.74 Å². The van der Waals surface area contributed by atoms with E-state index in [0.717, 1.165) is 19.6 Å². The summed E-state index contributed by atoms with van der Waals surface area (Å²) in [6, 6.07) is 7.30. The largest absolute Gasteiger partial charge is 0.372 e. The lowest BCUT2D eigenvalue weighted by Crippen LogP contribution is -2.48. The van der Waals surface area contributed by atoms with Crippen LogP contribution in [0, 0.1) is 6.92 Å². The Balaban J connectivity index is 1.96. The van der Waals surface area contributed by atoms with Gasteiger partial charge in [0.05, 0.1) is 12.7 Å². The van der Waals surface area contributed by atoms with Crippen LogP contribution in [0.25, 0.3) is 0 Å². The summed E-state index contributed by atoms with van der Waals surface area (Å²) in [5.74, 6) is 0. The number of benzene rings is 1. The molecule has 15 heavy (non-hydrogen) atoms. The average Bonchev–Trinajstić information content (AvgIpc) is 2.16. The number of hydrogen-bond donors (Lipinski definition) is 1. The summed E-state index contributed by atoms with van der Waals surface area (Å²) >= 11 is 0. The van der Waals surface area contributed by atoms with Gasteiger partial charge in [0.1, 0.15) is 0 Å². The molecule has 0 aromatic heterocycles. The molecule has 2 nitrogen and oxygen atoms in total. The molecule has 1 aromatic rings. The number of rotatable bonds is 1. The molecule has 2 heterocycles. The van der Waals surface area contributed by atoms with E-state index in [1.807, 2.05) is 0 Å². The van der Waals surface area contributed by atoms with Crippen molar-refractivity contribution in [1.29, 1.82) is 0 Å². The van der Waals surface area contributed by atoms with Crippen LogP contribution >= 0.6 is 0 Å². The van der Waals surface area contributed by atoms with E-state index in [1.54, 1.807) is 0 Å². The quantitative estimate of drug-likeness (QED) is 0.753. The molecule has 0 amide bonds. The summed E-state index contributed by atoms with van der Waals surface area (Å²) in [5, 5.41) is 3.45. The van der Waals surface area contributed by atoms with Crippen molar-refractivity contribution in [3.8, 4) is 0 Å². The first kappa shape index (κ1) is 9.37. The molecule has 1 fully saturated rings. The highest BCUT2D eigenvalue weighted by atomic mass is 16.5. The SMILES string of the molecule is Cc1ccc2c(c1)[C@H]([C@H]1CCN1)OCC2. The third kappa shape index (κ3) is 1.58. The average molecular weight is 203 g/mol. The number of nitrogens with one attached hydrogen (secondary N) is 1. The predicted octanol–water partition coefficient (Wildman–Crippen LogP) is 1.97. The molecular weight excluding hydrogens is 186 g/mol. The first-order chi connectivity index (χ1) is 7.34. The molecule has 2 atom stereocenters. The Morgan fingerprint density at radius 3 is 3.00 bits per heavy atom. The van der Waals surface area contributed by atoms with Gasteiger partial charge in [-0.15, -0.1) is 0 Å². The zero-order chi connectivity index (χ0) is 10.3. The van der Waals surface area contributed by atoms with Crippen molar-refractivity contribution in [3.05, 3.63) is 34.9 Å². The van der Waals surface area contributed by atoms with Gasteiger partial charge in [-0.1, -0.05) is 23.8 Å². The molecule has 80 valence electrons. The van der Waals surface area contributed by atoms with E-state index in [1.165, 1.54) is 23.1 Å². The Labute approximate surface area is 90.6 Å². The summed E-state index contributed by atoms with van der Waals surface area (Å²) < 4.78 is 5.90. The van der Waals surface area contributed by atoms with Gasteiger partial charge in [0.25, 0.3) is 0 Å². The zero-order valence-electron chi connectivity index (χ0n) is 9.12. The lowest BCUT2D eigenvalue weighted by Gasteiger charge is -2.38. The van der Waals surface area contributed by atoms with Crippen LogP contribution < -0.4 is 5.32 Å². The zero-order valence-corrected chi connectivity index (χ0v) is 9.12. The Bertz CT molecular complexity index is 371. The molecule has 0 bridgehead atoms. The second kappa shape index (κ2) is 3.62. The van der Waals surface area contributed by atoms with E-state index in [2.05, 4.69) is 30.4 Å². The molecule has 0 radical (unpaired) electrons. The first-order valence-electron chi connectivity index (χ1n) is 5.79. The topological polar surface area (TPSA) is 21.3 Å². The van der Waals surface area contributed by atoms with Crippen molar-refractivity contribution in [2.24, 2.45) is 0 Å². The molecule has 0 saturated carbocycles. The second-order valence-corrected chi connectivity index (χ2v) is 4.59. The van der Waals surface area contributed by atoms with Gasteiger partial charge in [0.15, 0.2) is 0 Å². The summed E-state index contributed by atoms with van der Waals surface area (Å²) in [4.78, 5) is 0. The van der Waals surface area contributed by atoms with E-state index >= 15 is 0 Å². The highest BCUT2D eigenvalue weighted by Gasteiger charge is 2.32. The van der Waals surface area contributed by atoms with E-state index in [0.29, 0.717) is 12.1 Å². The molecule has 3 rings (SSSR count). The summed E-state index contributed by atoms with van der Waals surface area (Å²) in [6.07, 6.45) is 2.61. The van der Waals surface area contributed by atoms with E-state index in [-0.39, 0.29) is 0 Å². The number of ether oxygens (including phenoxy) is 1. The molecule has 0 spiro atoms. The van der Waals surface area contributed by atoms with Crippen molar-refractivity contribution in [3.63, 3.8) is 0 Å². The number of aryl methyl sites for hydroxylation is 1. The fraction of sp³-hybridized carbons (Fsp3) is 0.538. The van der Waals surface area contributed by atoms with Crippen molar-refractivity contribution in [1.82, 2.24) is 5.32 Å². The van der Waals surface area contributed by atoms with Gasteiger partial charge in [-0.05, 0) is 37.4 Å². The van der Waals surface area contributed by atoms with Gasteiger partial charge < -0.3 is 10.1 Å². The van der Waals surface area contributed by atoms with Gasteiger partial charge in [-0.25, -0.2) is 0 Å². The van der Waals surface area contributed by atoms with Crippen LogP contribution in [-0.4, -0.2) is 19.2 Å². The van der Waals surface area contributed by atoms with E-state index < -0.39 is 0 Å². The Morgan fingerprint density at radius 2 is 2.27 bits per heavy atom. The number of hydrogen-bond acceptors (Lipinski definition) is 2. The van der Waals surface area contributed by atoms with Gasteiger partial charge in [-0.3, -0.25) is 0 Å². The minimum atomic E-state index is 0.294. The van der Waals surface area contributed by atoms with Crippen LogP contribution in [0.2, 0.25) is 0 Å². The van der Waals surface area contributed by atoms with Crippen LogP contribution in [0.3, 0.4) is 0 Å². The van der Waals surface area contributed by atoms with Gasteiger partial charge in [0.2, 0.25) is 0 Å². The van der Waals surface area contributed by atoms with E-state index in [4.69, 9.17) is 4.74 Å². The summed E-state index contributed by atoms with van der Waals surface area (Å²) in [5.41, 5.74) is 4.23. The molecule has 1 aromatic carbocycles. The molecule has 1 saturated heterocycles. The standard InChI is InChI=1S/C13H17NO/c1-9-2-3-10-5-7-15-13(11(10)8-9)12-4-6-14-12/h2-3,8,12-14H,4-7H2,1H3/t12-,13-/m1/s1. The summed E-state index contributed by atoms with van der Waals surface area (Å²) in [7, 11) is 0.